The highest BCUT2D eigenvalue weighted by atomic mass is 35.5. The van der Waals surface area contributed by atoms with Crippen molar-refractivity contribution in [3.05, 3.63) is 124 Å². The molecule has 5 aromatic rings. The number of fused-ring (bicyclic) bond motifs is 1. The lowest BCUT2D eigenvalue weighted by Gasteiger charge is -2.20. The first kappa shape index (κ1) is 35.5. The lowest BCUT2D eigenvalue weighted by Crippen LogP contribution is -2.30. The molecule has 244 valence electrons. The highest BCUT2D eigenvalue weighted by Crippen LogP contribution is 2.32. The fourth-order valence-electron chi connectivity index (χ4n) is 5.65. The van der Waals surface area contributed by atoms with Crippen molar-refractivity contribution in [2.75, 3.05) is 11.1 Å². The van der Waals surface area contributed by atoms with E-state index in [1.54, 1.807) is 36.5 Å². The highest BCUT2D eigenvalue weighted by Gasteiger charge is 2.25. The minimum absolute atomic E-state index is 0.378. The van der Waals surface area contributed by atoms with Crippen molar-refractivity contribution in [1.82, 2.24) is 9.97 Å². The van der Waals surface area contributed by atoms with Crippen LogP contribution in [-0.2, 0) is 0 Å². The van der Waals surface area contributed by atoms with Crippen LogP contribution in [-0.4, -0.2) is 28.3 Å². The van der Waals surface area contributed by atoms with E-state index in [1.807, 2.05) is 36.4 Å². The van der Waals surface area contributed by atoms with Gasteiger partial charge in [0.15, 0.2) is 12.0 Å². The number of halogens is 2. The van der Waals surface area contributed by atoms with Gasteiger partial charge in [-0.25, -0.2) is 16.0 Å². The number of hydrogen-bond donors (Lipinski definition) is 3. The average molecular weight is 671 g/mol. The Balaban J connectivity index is 0.000000170. The molecule has 47 heavy (non-hydrogen) atoms. The fraction of sp³-hybridized carbons (Fsp3) is 0.316. The molecule has 0 spiro atoms. The minimum atomic E-state index is 0.378. The molecule has 0 radical (unpaired) electrons. The number of H-pyrrole nitrogens is 1. The predicted octanol–water partition coefficient (Wildman–Crippen LogP) is 9.87. The third-order valence-corrected chi connectivity index (χ3v) is 8.83. The summed E-state index contributed by atoms with van der Waals surface area (Å²) in [6.07, 6.45) is 17.2. The largest absolute Gasteiger partial charge is 0.384 e. The van der Waals surface area contributed by atoms with Crippen LogP contribution in [0.25, 0.3) is 21.7 Å². The van der Waals surface area contributed by atoms with Gasteiger partial charge >= 0.3 is 0 Å². The van der Waals surface area contributed by atoms with E-state index in [9.17, 15) is 4.79 Å². The lowest BCUT2D eigenvalue weighted by molar-refractivity contribution is -0.494. The first-order chi connectivity index (χ1) is 23.0. The van der Waals surface area contributed by atoms with E-state index in [0.717, 1.165) is 46.9 Å². The zero-order valence-electron chi connectivity index (χ0n) is 26.6. The quantitative estimate of drug-likeness (QED) is 0.101. The van der Waals surface area contributed by atoms with Crippen LogP contribution >= 0.6 is 23.2 Å². The van der Waals surface area contributed by atoms with Gasteiger partial charge in [0.05, 0.1) is 22.3 Å². The minimum Gasteiger partial charge on any atom is -0.384 e. The van der Waals surface area contributed by atoms with Crippen molar-refractivity contribution in [3.63, 3.8) is 0 Å². The van der Waals surface area contributed by atoms with E-state index in [2.05, 4.69) is 48.9 Å². The molecule has 7 rings (SSSR count). The Kier molecular flexibility index (Phi) is 14.6. The number of rotatable bonds is 4. The number of aromatic nitrogens is 3. The maximum atomic E-state index is 10.1. The molecule has 2 saturated carbocycles. The Morgan fingerprint density at radius 3 is 2.02 bits per heavy atom. The number of benzene rings is 2. The van der Waals surface area contributed by atoms with Crippen molar-refractivity contribution in [3.8, 4) is 11.3 Å². The van der Waals surface area contributed by atoms with Crippen LogP contribution in [0.15, 0.2) is 97.3 Å². The van der Waals surface area contributed by atoms with Gasteiger partial charge in [-0.15, -0.1) is 0 Å². The molecule has 0 unspecified atom stereocenters. The van der Waals surface area contributed by atoms with Crippen LogP contribution in [0.2, 0.25) is 10.0 Å². The number of carbonyl (C=O) groups excluding carboxylic acids is 1. The molecule has 0 aliphatic heterocycles. The van der Waals surface area contributed by atoms with E-state index >= 15 is 0 Å². The molecular weight excluding hydrogens is 627 g/mol. The molecule has 2 aliphatic carbocycles. The van der Waals surface area contributed by atoms with E-state index in [-0.39, 0.29) is 0 Å². The summed E-state index contributed by atoms with van der Waals surface area (Å²) in [6, 6.07) is 27.5. The summed E-state index contributed by atoms with van der Waals surface area (Å²) in [6.45, 7) is 6.72. The highest BCUT2D eigenvalue weighted by molar-refractivity contribution is 6.33. The fourth-order valence-corrected chi connectivity index (χ4v) is 6.06. The summed E-state index contributed by atoms with van der Waals surface area (Å²) in [5, 5.41) is 5.05. The molecule has 0 atom stereocenters. The van der Waals surface area contributed by atoms with Gasteiger partial charge in [0, 0.05) is 36.2 Å². The monoisotopic (exact) mass is 669 g/mol. The van der Waals surface area contributed by atoms with E-state index in [1.165, 1.54) is 51.4 Å². The predicted molar refractivity (Wildman–Crippen MR) is 194 cm³/mol. The summed E-state index contributed by atoms with van der Waals surface area (Å²) >= 11 is 12.0. The van der Waals surface area contributed by atoms with Crippen molar-refractivity contribution in [2.24, 2.45) is 0 Å². The first-order valence-electron chi connectivity index (χ1n) is 16.3. The van der Waals surface area contributed by atoms with Gasteiger partial charge in [0.1, 0.15) is 5.82 Å². The van der Waals surface area contributed by atoms with Gasteiger partial charge in [0.2, 0.25) is 11.7 Å². The Morgan fingerprint density at radius 2 is 1.47 bits per heavy atom. The maximum Gasteiger partial charge on any atom is 0.266 e. The second-order valence-electron chi connectivity index (χ2n) is 11.6. The summed E-state index contributed by atoms with van der Waals surface area (Å²) < 4.78 is 2.19. The zero-order chi connectivity index (χ0) is 33.3. The third-order valence-electron chi connectivity index (χ3n) is 8.16. The number of nitrogen functional groups attached to an aromatic ring is 1. The number of aromatic amines is 1. The van der Waals surface area contributed by atoms with Crippen molar-refractivity contribution < 1.29 is 9.20 Å². The van der Waals surface area contributed by atoms with Crippen LogP contribution in [0.3, 0.4) is 0 Å². The van der Waals surface area contributed by atoms with Crippen molar-refractivity contribution in [1.29, 1.82) is 0 Å². The van der Waals surface area contributed by atoms with Crippen LogP contribution < -0.4 is 15.5 Å². The molecule has 0 bridgehead atoms. The number of nitrogens with zero attached hydrogens (tertiary/aromatic N) is 3. The SMILES string of the molecule is Clc1ccccc1-c1[nH]c2cccc[n+]2c1NC1CCCCC1.Nc1ccccn1.O=Cc1ccccc1Cl.[C-]#[N+]C1CCCCC1. The van der Waals surface area contributed by atoms with Crippen LogP contribution in [0.1, 0.15) is 74.6 Å². The molecule has 2 aliphatic rings. The number of hydrogen-bond acceptors (Lipinski definition) is 4. The van der Waals surface area contributed by atoms with Crippen LogP contribution in [0, 0.1) is 6.57 Å². The summed E-state index contributed by atoms with van der Waals surface area (Å²) in [5.41, 5.74) is 8.96. The number of imidazole rings is 1. The number of aldehydes is 1. The lowest BCUT2D eigenvalue weighted by atomic mass is 9.95. The topological polar surface area (TPSA) is 92.3 Å². The third kappa shape index (κ3) is 11.1. The molecule has 4 N–H and O–H groups in total. The van der Waals surface area contributed by atoms with Gasteiger partial charge in [-0.3, -0.25) is 15.1 Å². The molecule has 0 amide bonds. The summed E-state index contributed by atoms with van der Waals surface area (Å²) in [5.74, 6) is 1.68. The van der Waals surface area contributed by atoms with Crippen LogP contribution in [0.4, 0.5) is 11.6 Å². The van der Waals surface area contributed by atoms with Crippen molar-refractivity contribution in [2.45, 2.75) is 76.3 Å². The molecule has 2 fully saturated rings. The Bertz CT molecular complexity index is 1710. The molecule has 3 heterocycles. The number of nitrogens with two attached hydrogens (primary N) is 1. The first-order valence-corrected chi connectivity index (χ1v) is 17.0. The summed E-state index contributed by atoms with van der Waals surface area (Å²) in [7, 11) is 0. The molecule has 9 heteroatoms. The van der Waals surface area contributed by atoms with Gasteiger partial charge in [-0.2, -0.15) is 0 Å². The second kappa shape index (κ2) is 19.3. The summed E-state index contributed by atoms with van der Waals surface area (Å²) in [4.78, 5) is 20.9. The number of pyridine rings is 2. The van der Waals surface area contributed by atoms with Gasteiger partial charge in [-0.1, -0.05) is 91.3 Å². The van der Waals surface area contributed by atoms with E-state index < -0.39 is 0 Å². The number of anilines is 2. The number of nitrogens with one attached hydrogen (secondary N) is 2. The Hall–Kier alpha value is -4.38. The standard InChI is InChI=1S/C19H20ClN3.C7H5ClO.C7H11N.C5H6N2/c20-16-11-5-4-10-15(16)18-19(21-14-8-2-1-3-9-14)23-13-7-6-12-17(23)22-18;8-7-4-2-1-3-6(7)5-9;1-8-7-5-3-2-4-6-7;6-5-3-1-2-4-7-5/h4-7,10-14,21H,1-3,8-9H2;1-5H;7H,2-6H2;1-4H,(H2,6,7)/p+1. The van der Waals surface area contributed by atoms with Crippen molar-refractivity contribution >= 4 is 46.8 Å². The Morgan fingerprint density at radius 1 is 0.830 bits per heavy atom. The van der Waals surface area contributed by atoms with Gasteiger partial charge in [0.25, 0.3) is 5.82 Å². The molecule has 7 nitrogen and oxygen atoms in total. The normalized spacial score (nSPS) is 14.6. The average Bonchev–Trinajstić information content (AvgIpc) is 3.48. The molecule has 2 aromatic carbocycles. The van der Waals surface area contributed by atoms with Gasteiger partial charge in [-0.05, 0) is 62.1 Å². The molecule has 0 saturated heterocycles. The van der Waals surface area contributed by atoms with E-state index in [4.69, 9.17) is 35.5 Å². The Labute approximate surface area is 288 Å². The van der Waals surface area contributed by atoms with Crippen LogP contribution in [0.5, 0.6) is 0 Å². The van der Waals surface area contributed by atoms with E-state index in [0.29, 0.717) is 28.5 Å². The number of carbonyl (C=O) groups is 1. The second-order valence-corrected chi connectivity index (χ2v) is 12.4. The zero-order valence-corrected chi connectivity index (χ0v) is 28.1. The smallest absolute Gasteiger partial charge is 0.266 e. The molecular formula is C38H43Cl2N6O+. The van der Waals surface area contributed by atoms with Gasteiger partial charge < -0.3 is 10.6 Å². The molecule has 3 aromatic heterocycles. The maximum absolute atomic E-state index is 10.1.